The molecule has 2 nitrogen and oxygen atoms in total. The highest BCUT2D eigenvalue weighted by molar-refractivity contribution is 6.32. The fourth-order valence-corrected chi connectivity index (χ4v) is 7.58. The lowest BCUT2D eigenvalue weighted by molar-refractivity contribution is 1.29. The third-order valence-corrected chi connectivity index (χ3v) is 9.68. The zero-order valence-electron chi connectivity index (χ0n) is 25.0. The van der Waals surface area contributed by atoms with Crippen molar-refractivity contribution in [2.24, 2.45) is 0 Å². The van der Waals surface area contributed by atoms with Crippen LogP contribution in [0.15, 0.2) is 164 Å². The first kappa shape index (κ1) is 25.2. The van der Waals surface area contributed by atoms with E-state index in [4.69, 9.17) is 0 Å². The number of benzene rings is 9. The summed E-state index contributed by atoms with van der Waals surface area (Å²) in [5, 5.41) is 12.8. The van der Waals surface area contributed by atoms with Crippen molar-refractivity contribution in [2.75, 3.05) is 4.90 Å². The Morgan fingerprint density at radius 3 is 1.93 bits per heavy atom. The maximum Gasteiger partial charge on any atom is 0.0545 e. The minimum atomic E-state index is 1.13. The molecule has 0 aliphatic carbocycles. The number of nitrogens with zero attached hydrogens (tertiary/aromatic N) is 1. The standard InChI is InChI=1S/C44H28N2/c1-2-12-33(13-3-1)46(35-23-17-28-9-4-5-10-31(28)25-35)34-21-18-29(19-22-34)39-26-32-27-40-36-14-6-7-16-41(36)45-44(40)38-24-20-30-11-8-15-37(39)42(30)43(32)38/h1-27,45H. The van der Waals surface area contributed by atoms with Gasteiger partial charge >= 0.3 is 0 Å². The summed E-state index contributed by atoms with van der Waals surface area (Å²) < 4.78 is 0. The molecule has 1 aromatic heterocycles. The fourth-order valence-electron chi connectivity index (χ4n) is 7.58. The molecule has 1 N–H and O–H groups in total. The number of aromatic amines is 1. The molecular weight excluding hydrogens is 556 g/mol. The predicted molar refractivity (Wildman–Crippen MR) is 197 cm³/mol. The van der Waals surface area contributed by atoms with Crippen molar-refractivity contribution in [1.29, 1.82) is 0 Å². The average molecular weight is 585 g/mol. The first-order valence-electron chi connectivity index (χ1n) is 15.9. The number of rotatable bonds is 4. The summed E-state index contributed by atoms with van der Waals surface area (Å²) >= 11 is 0. The van der Waals surface area contributed by atoms with Crippen LogP contribution in [-0.2, 0) is 0 Å². The normalized spacial score (nSPS) is 11.9. The van der Waals surface area contributed by atoms with E-state index in [1.54, 1.807) is 0 Å². The number of H-pyrrole nitrogens is 1. The monoisotopic (exact) mass is 584 g/mol. The van der Waals surface area contributed by atoms with Gasteiger partial charge in [-0.3, -0.25) is 0 Å². The summed E-state index contributed by atoms with van der Waals surface area (Å²) in [5.74, 6) is 0. The van der Waals surface area contributed by atoms with Crippen LogP contribution in [-0.4, -0.2) is 4.98 Å². The Labute approximate surface area is 266 Å². The van der Waals surface area contributed by atoms with Gasteiger partial charge in [0.15, 0.2) is 0 Å². The van der Waals surface area contributed by atoms with Crippen molar-refractivity contribution in [2.45, 2.75) is 0 Å². The summed E-state index contributed by atoms with van der Waals surface area (Å²) in [7, 11) is 0. The maximum atomic E-state index is 3.73. The highest BCUT2D eigenvalue weighted by atomic mass is 15.1. The molecule has 0 amide bonds. The van der Waals surface area contributed by atoms with Gasteiger partial charge in [-0.15, -0.1) is 0 Å². The van der Waals surface area contributed by atoms with Gasteiger partial charge in [0.25, 0.3) is 0 Å². The second kappa shape index (κ2) is 9.69. The van der Waals surface area contributed by atoms with Crippen LogP contribution in [0.1, 0.15) is 0 Å². The topological polar surface area (TPSA) is 19.0 Å². The van der Waals surface area contributed by atoms with Crippen LogP contribution in [0.25, 0.3) is 76.0 Å². The van der Waals surface area contributed by atoms with Gasteiger partial charge in [-0.05, 0) is 103 Å². The molecule has 0 spiro atoms. The van der Waals surface area contributed by atoms with E-state index in [1.165, 1.54) is 76.0 Å². The molecule has 10 aromatic rings. The second-order valence-electron chi connectivity index (χ2n) is 12.3. The Morgan fingerprint density at radius 2 is 1.04 bits per heavy atom. The zero-order chi connectivity index (χ0) is 30.2. The van der Waals surface area contributed by atoms with Crippen molar-refractivity contribution in [3.05, 3.63) is 164 Å². The Hall–Kier alpha value is -6.12. The third kappa shape index (κ3) is 3.71. The number of aromatic nitrogens is 1. The molecule has 2 heteroatoms. The van der Waals surface area contributed by atoms with E-state index in [0.717, 1.165) is 17.1 Å². The average Bonchev–Trinajstić information content (AvgIpc) is 3.50. The second-order valence-corrected chi connectivity index (χ2v) is 12.3. The largest absolute Gasteiger partial charge is 0.354 e. The van der Waals surface area contributed by atoms with Crippen molar-refractivity contribution in [3.8, 4) is 11.1 Å². The number of fused-ring (bicyclic) bond motifs is 5. The van der Waals surface area contributed by atoms with Gasteiger partial charge in [0, 0.05) is 38.7 Å². The number of nitrogens with one attached hydrogen (secondary N) is 1. The first-order valence-corrected chi connectivity index (χ1v) is 15.9. The summed E-state index contributed by atoms with van der Waals surface area (Å²) in [4.78, 5) is 6.07. The molecule has 0 saturated heterocycles. The lowest BCUT2D eigenvalue weighted by Gasteiger charge is -2.26. The van der Waals surface area contributed by atoms with Gasteiger partial charge in [0.2, 0.25) is 0 Å². The van der Waals surface area contributed by atoms with E-state index in [1.807, 2.05) is 0 Å². The van der Waals surface area contributed by atoms with Crippen molar-refractivity contribution in [1.82, 2.24) is 4.98 Å². The van der Waals surface area contributed by atoms with Gasteiger partial charge in [0.05, 0.1) is 5.52 Å². The van der Waals surface area contributed by atoms with Crippen LogP contribution in [0, 0.1) is 0 Å². The number of hydrogen-bond donors (Lipinski definition) is 1. The zero-order valence-corrected chi connectivity index (χ0v) is 25.0. The lowest BCUT2D eigenvalue weighted by Crippen LogP contribution is -2.09. The summed E-state index contributed by atoms with van der Waals surface area (Å²) in [5.41, 5.74) is 8.27. The molecular formula is C44H28N2. The van der Waals surface area contributed by atoms with Crippen LogP contribution in [0.5, 0.6) is 0 Å². The molecule has 0 radical (unpaired) electrons. The van der Waals surface area contributed by atoms with Crippen LogP contribution >= 0.6 is 0 Å². The first-order chi connectivity index (χ1) is 22.8. The highest BCUT2D eigenvalue weighted by Gasteiger charge is 2.18. The molecule has 9 aromatic carbocycles. The van der Waals surface area contributed by atoms with E-state index >= 15 is 0 Å². The fraction of sp³-hybridized carbons (Fsp3) is 0. The molecule has 0 atom stereocenters. The van der Waals surface area contributed by atoms with Crippen LogP contribution in [0.4, 0.5) is 17.1 Å². The molecule has 0 aliphatic heterocycles. The third-order valence-electron chi connectivity index (χ3n) is 9.68. The van der Waals surface area contributed by atoms with Gasteiger partial charge in [-0.25, -0.2) is 0 Å². The van der Waals surface area contributed by atoms with Gasteiger partial charge < -0.3 is 9.88 Å². The smallest absolute Gasteiger partial charge is 0.0545 e. The molecule has 0 unspecified atom stereocenters. The van der Waals surface area contributed by atoms with Crippen LogP contribution < -0.4 is 4.90 Å². The molecule has 0 aliphatic rings. The highest BCUT2D eigenvalue weighted by Crippen LogP contribution is 2.44. The summed E-state index contributed by atoms with van der Waals surface area (Å²) in [6.45, 7) is 0. The number of para-hydroxylation sites is 2. The van der Waals surface area contributed by atoms with Gasteiger partial charge in [-0.2, -0.15) is 0 Å². The molecule has 214 valence electrons. The SMILES string of the molecule is c1ccc(N(c2ccc(-c3cc4cc5c6ccccc6[nH]c5c5ccc6cccc3c6c45)cc2)c2ccc3ccccc3c2)cc1. The van der Waals surface area contributed by atoms with E-state index in [0.29, 0.717) is 0 Å². The van der Waals surface area contributed by atoms with E-state index < -0.39 is 0 Å². The molecule has 0 fully saturated rings. The van der Waals surface area contributed by atoms with Gasteiger partial charge in [0.1, 0.15) is 0 Å². The van der Waals surface area contributed by atoms with E-state index in [-0.39, 0.29) is 0 Å². The Balaban J connectivity index is 1.17. The number of anilines is 3. The van der Waals surface area contributed by atoms with Crippen LogP contribution in [0.3, 0.4) is 0 Å². The van der Waals surface area contributed by atoms with E-state index in [9.17, 15) is 0 Å². The molecule has 10 rings (SSSR count). The molecule has 46 heavy (non-hydrogen) atoms. The molecule has 1 heterocycles. The van der Waals surface area contributed by atoms with Crippen molar-refractivity contribution < 1.29 is 0 Å². The quantitative estimate of drug-likeness (QED) is 0.204. The van der Waals surface area contributed by atoms with Crippen molar-refractivity contribution >= 4 is 82.0 Å². The van der Waals surface area contributed by atoms with Crippen LogP contribution in [0.2, 0.25) is 0 Å². The van der Waals surface area contributed by atoms with Crippen molar-refractivity contribution in [3.63, 3.8) is 0 Å². The minimum absolute atomic E-state index is 1.13. The summed E-state index contributed by atoms with van der Waals surface area (Å²) in [6, 6.07) is 59.7. The maximum absolute atomic E-state index is 3.73. The minimum Gasteiger partial charge on any atom is -0.354 e. The van der Waals surface area contributed by atoms with E-state index in [2.05, 4.69) is 174 Å². The molecule has 0 saturated carbocycles. The molecule has 0 bridgehead atoms. The number of hydrogen-bond acceptors (Lipinski definition) is 1. The lowest BCUT2D eigenvalue weighted by atomic mass is 9.88. The Morgan fingerprint density at radius 1 is 0.370 bits per heavy atom. The Kier molecular flexibility index (Phi) is 5.31. The Bertz CT molecular complexity index is 2740. The predicted octanol–water partition coefficient (Wildman–Crippen LogP) is 12.5. The van der Waals surface area contributed by atoms with Gasteiger partial charge in [-0.1, -0.05) is 109 Å². The summed E-state index contributed by atoms with van der Waals surface area (Å²) in [6.07, 6.45) is 0.